The van der Waals surface area contributed by atoms with Crippen LogP contribution in [0.25, 0.3) is 0 Å². The summed E-state index contributed by atoms with van der Waals surface area (Å²) in [6, 6.07) is 5.99. The Morgan fingerprint density at radius 3 is 2.95 bits per heavy atom. The second-order valence-corrected chi connectivity index (χ2v) is 6.19. The Bertz CT molecular complexity index is 463. The van der Waals surface area contributed by atoms with Gasteiger partial charge < -0.3 is 4.90 Å². The zero-order valence-corrected chi connectivity index (χ0v) is 13.5. The minimum absolute atomic E-state index is 0.100. The van der Waals surface area contributed by atoms with Gasteiger partial charge in [-0.05, 0) is 47.3 Å². The maximum Gasteiger partial charge on any atom is 0.255 e. The summed E-state index contributed by atoms with van der Waals surface area (Å²) in [4.78, 5) is 14.7. The third-order valence-corrected chi connectivity index (χ3v) is 5.15. The summed E-state index contributed by atoms with van der Waals surface area (Å²) in [7, 11) is 0. The quantitative estimate of drug-likeness (QED) is 0.729. The Labute approximate surface area is 128 Å². The molecule has 1 atom stereocenters. The first-order chi connectivity index (χ1) is 9.15. The number of alkyl halides is 1. The summed E-state index contributed by atoms with van der Waals surface area (Å²) in [6.45, 7) is 2.82. The van der Waals surface area contributed by atoms with Crippen molar-refractivity contribution < 1.29 is 4.79 Å². The average Bonchev–Trinajstić information content (AvgIpc) is 2.66. The molecule has 1 aliphatic heterocycles. The van der Waals surface area contributed by atoms with E-state index in [9.17, 15) is 4.79 Å². The molecule has 0 bridgehead atoms. The molecule has 0 radical (unpaired) electrons. The molecule has 4 heteroatoms. The maximum atomic E-state index is 12.7. The van der Waals surface area contributed by atoms with Crippen molar-refractivity contribution in [1.82, 2.24) is 4.90 Å². The Kier molecular flexibility index (Phi) is 5.28. The van der Waals surface area contributed by atoms with E-state index in [4.69, 9.17) is 11.6 Å². The number of rotatable bonds is 2. The molecular formula is C15H19BrClNO. The second kappa shape index (κ2) is 6.76. The lowest BCUT2D eigenvalue weighted by molar-refractivity contribution is 0.0699. The van der Waals surface area contributed by atoms with Gasteiger partial charge in [0.05, 0.1) is 5.56 Å². The lowest BCUT2D eigenvalue weighted by Crippen LogP contribution is -2.41. The van der Waals surface area contributed by atoms with Crippen LogP contribution in [0.5, 0.6) is 0 Å². The molecule has 1 saturated heterocycles. The number of hydrogen-bond acceptors (Lipinski definition) is 1. The molecule has 104 valence electrons. The van der Waals surface area contributed by atoms with Gasteiger partial charge in [0.25, 0.3) is 5.91 Å². The third-order valence-electron chi connectivity index (χ3n) is 3.74. The van der Waals surface area contributed by atoms with Gasteiger partial charge in [-0.25, -0.2) is 0 Å². The molecule has 0 saturated carbocycles. The summed E-state index contributed by atoms with van der Waals surface area (Å²) in [6.07, 6.45) is 4.43. The predicted octanol–water partition coefficient (Wildman–Crippen LogP) is 4.38. The van der Waals surface area contributed by atoms with Gasteiger partial charge in [0, 0.05) is 22.9 Å². The van der Waals surface area contributed by atoms with Crippen molar-refractivity contribution >= 4 is 33.4 Å². The van der Waals surface area contributed by atoms with Crippen LogP contribution >= 0.6 is 27.5 Å². The van der Waals surface area contributed by atoms with Gasteiger partial charge in [0.2, 0.25) is 0 Å². The monoisotopic (exact) mass is 343 g/mol. The fourth-order valence-corrected chi connectivity index (χ4v) is 3.33. The van der Waals surface area contributed by atoms with Crippen molar-refractivity contribution in [3.63, 3.8) is 0 Å². The smallest absolute Gasteiger partial charge is 0.255 e. The van der Waals surface area contributed by atoms with E-state index in [0.29, 0.717) is 5.88 Å². The number of hydrogen-bond donors (Lipinski definition) is 0. The molecule has 1 aromatic rings. The minimum atomic E-state index is 0.100. The van der Waals surface area contributed by atoms with Crippen molar-refractivity contribution in [2.45, 2.75) is 38.6 Å². The highest BCUT2D eigenvalue weighted by Crippen LogP contribution is 2.26. The molecule has 1 heterocycles. The van der Waals surface area contributed by atoms with E-state index in [1.165, 1.54) is 6.42 Å². The topological polar surface area (TPSA) is 20.3 Å². The number of amides is 1. The van der Waals surface area contributed by atoms with Gasteiger partial charge in [0.1, 0.15) is 0 Å². The van der Waals surface area contributed by atoms with Crippen LogP contribution in [0.3, 0.4) is 0 Å². The number of halogens is 2. The molecule has 0 aliphatic carbocycles. The van der Waals surface area contributed by atoms with Crippen molar-refractivity contribution in [2.75, 3.05) is 12.4 Å². The van der Waals surface area contributed by atoms with Gasteiger partial charge in [-0.2, -0.15) is 0 Å². The predicted molar refractivity (Wildman–Crippen MR) is 82.9 cm³/mol. The number of likely N-dealkylation sites (tertiary alicyclic amines) is 1. The first kappa shape index (κ1) is 14.9. The number of aryl methyl sites for hydroxylation is 1. The molecule has 1 fully saturated rings. The molecule has 2 nitrogen and oxygen atoms in total. The van der Waals surface area contributed by atoms with Crippen molar-refractivity contribution in [2.24, 2.45) is 0 Å². The van der Waals surface area contributed by atoms with Crippen LogP contribution in [0.2, 0.25) is 0 Å². The van der Waals surface area contributed by atoms with Crippen LogP contribution in [0, 0.1) is 6.92 Å². The molecule has 19 heavy (non-hydrogen) atoms. The molecule has 0 aromatic heterocycles. The molecule has 0 N–H and O–H groups in total. The van der Waals surface area contributed by atoms with Crippen molar-refractivity contribution in [3.05, 3.63) is 33.8 Å². The molecule has 2 rings (SSSR count). The van der Waals surface area contributed by atoms with Crippen molar-refractivity contribution in [3.8, 4) is 0 Å². The highest BCUT2D eigenvalue weighted by molar-refractivity contribution is 9.10. The summed E-state index contributed by atoms with van der Waals surface area (Å²) in [5.74, 6) is 0.623. The van der Waals surface area contributed by atoms with E-state index in [2.05, 4.69) is 15.9 Å². The van der Waals surface area contributed by atoms with E-state index in [1.807, 2.05) is 30.0 Å². The number of carbonyl (C=O) groups is 1. The highest BCUT2D eigenvalue weighted by atomic mass is 79.9. The van der Waals surface area contributed by atoms with Crippen LogP contribution < -0.4 is 0 Å². The van der Waals surface area contributed by atoms with E-state index in [-0.39, 0.29) is 11.9 Å². The summed E-state index contributed by atoms with van der Waals surface area (Å²) in [5.41, 5.74) is 1.83. The Balaban J connectivity index is 2.28. The first-order valence-electron chi connectivity index (χ1n) is 6.77. The molecular weight excluding hydrogens is 326 g/mol. The van der Waals surface area contributed by atoms with Crippen LogP contribution in [0.4, 0.5) is 0 Å². The first-order valence-corrected chi connectivity index (χ1v) is 8.10. The van der Waals surface area contributed by atoms with Crippen LogP contribution in [0.1, 0.15) is 41.6 Å². The third kappa shape index (κ3) is 3.32. The van der Waals surface area contributed by atoms with E-state index in [0.717, 1.165) is 41.4 Å². The zero-order valence-electron chi connectivity index (χ0n) is 11.2. The molecule has 1 amide bonds. The van der Waals surface area contributed by atoms with E-state index in [1.54, 1.807) is 0 Å². The van der Waals surface area contributed by atoms with Gasteiger partial charge in [-0.15, -0.1) is 11.6 Å². The van der Waals surface area contributed by atoms with Gasteiger partial charge in [-0.1, -0.05) is 25.0 Å². The normalized spacial score (nSPS) is 20.2. The zero-order chi connectivity index (χ0) is 13.8. The second-order valence-electron chi connectivity index (χ2n) is 5.09. The number of nitrogens with zero attached hydrogens (tertiary/aromatic N) is 1. The largest absolute Gasteiger partial charge is 0.334 e. The summed E-state index contributed by atoms with van der Waals surface area (Å²) in [5, 5.41) is 0. The highest BCUT2D eigenvalue weighted by Gasteiger charge is 2.26. The van der Waals surface area contributed by atoms with E-state index < -0.39 is 0 Å². The van der Waals surface area contributed by atoms with Gasteiger partial charge >= 0.3 is 0 Å². The Hall–Kier alpha value is -0.540. The standard InChI is InChI=1S/C15H19BrClNO/c1-11-6-5-8-13(14(11)16)15(19)18-9-4-2-3-7-12(18)10-17/h5-6,8,12H,2-4,7,9-10H2,1H3. The molecule has 1 aliphatic rings. The average molecular weight is 345 g/mol. The SMILES string of the molecule is Cc1cccc(C(=O)N2CCCCCC2CCl)c1Br. The lowest BCUT2D eigenvalue weighted by Gasteiger charge is -2.29. The van der Waals surface area contributed by atoms with Gasteiger partial charge in [-0.3, -0.25) is 4.79 Å². The fraction of sp³-hybridized carbons (Fsp3) is 0.533. The van der Waals surface area contributed by atoms with Gasteiger partial charge in [0.15, 0.2) is 0 Å². The summed E-state index contributed by atoms with van der Waals surface area (Å²) >= 11 is 9.57. The van der Waals surface area contributed by atoms with Crippen LogP contribution in [0.15, 0.2) is 22.7 Å². The minimum Gasteiger partial charge on any atom is -0.334 e. The molecule has 1 aromatic carbocycles. The van der Waals surface area contributed by atoms with E-state index >= 15 is 0 Å². The fourth-order valence-electron chi connectivity index (χ4n) is 2.57. The Morgan fingerprint density at radius 1 is 1.42 bits per heavy atom. The Morgan fingerprint density at radius 2 is 2.21 bits per heavy atom. The maximum absolute atomic E-state index is 12.7. The van der Waals surface area contributed by atoms with Crippen LogP contribution in [-0.4, -0.2) is 29.3 Å². The number of carbonyl (C=O) groups excluding carboxylic acids is 1. The summed E-state index contributed by atoms with van der Waals surface area (Å²) < 4.78 is 0.901. The molecule has 0 spiro atoms. The van der Waals surface area contributed by atoms with Crippen molar-refractivity contribution in [1.29, 1.82) is 0 Å². The van der Waals surface area contributed by atoms with Crippen LogP contribution in [-0.2, 0) is 0 Å². The number of benzene rings is 1. The molecule has 1 unspecified atom stereocenters. The lowest BCUT2D eigenvalue weighted by atomic mass is 10.1.